The van der Waals surface area contributed by atoms with Gasteiger partial charge in [0, 0.05) is 0 Å². The molecule has 0 radical (unpaired) electrons. The van der Waals surface area contributed by atoms with Crippen molar-refractivity contribution in [2.45, 2.75) is 45.6 Å². The van der Waals surface area contributed by atoms with E-state index in [-0.39, 0.29) is 11.5 Å². The molecule has 2 fully saturated rings. The zero-order valence-corrected chi connectivity index (χ0v) is 7.51. The fourth-order valence-electron chi connectivity index (χ4n) is 3.11. The van der Waals surface area contributed by atoms with Gasteiger partial charge in [0.1, 0.15) is 0 Å². The molecule has 2 rings (SSSR count). The Morgan fingerprint density at radius 3 is 2.45 bits per heavy atom. The molecule has 1 N–H and O–H groups in total. The van der Waals surface area contributed by atoms with Gasteiger partial charge < -0.3 is 5.11 Å². The summed E-state index contributed by atoms with van der Waals surface area (Å²) in [5, 5.41) is 9.77. The second kappa shape index (κ2) is 2.22. The summed E-state index contributed by atoms with van der Waals surface area (Å²) >= 11 is 0. The van der Waals surface area contributed by atoms with Gasteiger partial charge in [-0.3, -0.25) is 0 Å². The Bertz CT molecular complexity index is 162. The van der Waals surface area contributed by atoms with Crippen LogP contribution in [0, 0.1) is 17.3 Å². The molecule has 2 aliphatic carbocycles. The maximum absolute atomic E-state index is 9.77. The highest BCUT2D eigenvalue weighted by Crippen LogP contribution is 2.56. The first-order chi connectivity index (χ1) is 5.14. The first-order valence-corrected chi connectivity index (χ1v) is 4.82. The normalized spacial score (nSPS) is 47.7. The van der Waals surface area contributed by atoms with E-state index in [0.29, 0.717) is 5.92 Å². The largest absolute Gasteiger partial charge is 0.392 e. The molecule has 11 heavy (non-hydrogen) atoms. The molecule has 0 aromatic rings. The van der Waals surface area contributed by atoms with Gasteiger partial charge in [0.2, 0.25) is 0 Å². The zero-order valence-electron chi connectivity index (χ0n) is 7.51. The Labute approximate surface area is 68.8 Å². The predicted molar refractivity (Wildman–Crippen MR) is 45.2 cm³/mol. The van der Waals surface area contributed by atoms with Crippen LogP contribution in [0.25, 0.3) is 0 Å². The topological polar surface area (TPSA) is 20.2 Å². The Balaban J connectivity index is 2.09. The van der Waals surface area contributed by atoms with Crippen LogP contribution in [-0.4, -0.2) is 11.2 Å². The van der Waals surface area contributed by atoms with Gasteiger partial charge in [0.05, 0.1) is 6.10 Å². The number of rotatable bonds is 0. The molecule has 0 saturated heterocycles. The number of hydrogen-bond acceptors (Lipinski definition) is 1. The van der Waals surface area contributed by atoms with Gasteiger partial charge in [0.15, 0.2) is 0 Å². The Kier molecular flexibility index (Phi) is 1.54. The van der Waals surface area contributed by atoms with Gasteiger partial charge >= 0.3 is 0 Å². The van der Waals surface area contributed by atoms with Crippen LogP contribution < -0.4 is 0 Å². The van der Waals surface area contributed by atoms with Gasteiger partial charge in [-0.2, -0.15) is 0 Å². The van der Waals surface area contributed by atoms with E-state index in [9.17, 15) is 5.11 Å². The predicted octanol–water partition coefficient (Wildman–Crippen LogP) is 2.19. The van der Waals surface area contributed by atoms with E-state index in [1.54, 1.807) is 0 Å². The van der Waals surface area contributed by atoms with Gasteiger partial charge in [-0.05, 0) is 30.1 Å². The lowest BCUT2D eigenvalue weighted by molar-refractivity contribution is -0.175. The molecule has 2 saturated carbocycles. The molecular formula is C10H18O. The van der Waals surface area contributed by atoms with Gasteiger partial charge in [-0.1, -0.05) is 26.7 Å². The smallest absolute Gasteiger partial charge is 0.0624 e. The summed E-state index contributed by atoms with van der Waals surface area (Å²) in [5.41, 5.74) is 0.227. The quantitative estimate of drug-likeness (QED) is 0.567. The van der Waals surface area contributed by atoms with Crippen LogP contribution in [-0.2, 0) is 0 Å². The van der Waals surface area contributed by atoms with E-state index in [1.807, 2.05) is 0 Å². The van der Waals surface area contributed by atoms with Crippen LogP contribution in [0.5, 0.6) is 0 Å². The van der Waals surface area contributed by atoms with E-state index in [2.05, 4.69) is 13.8 Å². The Morgan fingerprint density at radius 1 is 1.18 bits per heavy atom. The van der Waals surface area contributed by atoms with E-state index < -0.39 is 0 Å². The van der Waals surface area contributed by atoms with Gasteiger partial charge in [-0.15, -0.1) is 0 Å². The number of fused-ring (bicyclic) bond motifs is 1. The Hall–Kier alpha value is -0.0400. The minimum Gasteiger partial charge on any atom is -0.392 e. The zero-order chi connectivity index (χ0) is 8.06. The van der Waals surface area contributed by atoms with Crippen LogP contribution in [0.15, 0.2) is 0 Å². The molecule has 2 aliphatic rings. The van der Waals surface area contributed by atoms with E-state index in [4.69, 9.17) is 0 Å². The van der Waals surface area contributed by atoms with Crippen LogP contribution in [0.4, 0.5) is 0 Å². The number of hydrogen-bond donors (Lipinski definition) is 1. The molecule has 0 aromatic carbocycles. The van der Waals surface area contributed by atoms with Crippen molar-refractivity contribution in [3.63, 3.8) is 0 Å². The minimum absolute atomic E-state index is 0.00667. The van der Waals surface area contributed by atoms with E-state index >= 15 is 0 Å². The van der Waals surface area contributed by atoms with Crippen molar-refractivity contribution in [1.82, 2.24) is 0 Å². The van der Waals surface area contributed by atoms with Crippen molar-refractivity contribution < 1.29 is 5.11 Å². The van der Waals surface area contributed by atoms with E-state index in [0.717, 1.165) is 5.92 Å². The van der Waals surface area contributed by atoms with Crippen molar-refractivity contribution in [3.8, 4) is 0 Å². The molecule has 1 heteroatoms. The monoisotopic (exact) mass is 154 g/mol. The highest BCUT2D eigenvalue weighted by atomic mass is 16.3. The minimum atomic E-state index is -0.00667. The fraction of sp³-hybridized carbons (Fsp3) is 1.00. The van der Waals surface area contributed by atoms with Crippen molar-refractivity contribution in [2.24, 2.45) is 17.3 Å². The SMILES string of the molecule is CC1(C)C(O)C2CCCCC21. The summed E-state index contributed by atoms with van der Waals surface area (Å²) < 4.78 is 0. The maximum atomic E-state index is 9.77. The highest BCUT2D eigenvalue weighted by Gasteiger charge is 2.55. The average Bonchev–Trinajstić information content (AvgIpc) is 2.04. The lowest BCUT2D eigenvalue weighted by atomic mass is 9.49. The summed E-state index contributed by atoms with van der Waals surface area (Å²) in [5.74, 6) is 1.48. The highest BCUT2D eigenvalue weighted by molar-refractivity contribution is 5.04. The Morgan fingerprint density at radius 2 is 1.82 bits per heavy atom. The molecule has 64 valence electrons. The average molecular weight is 154 g/mol. The molecule has 0 aliphatic heterocycles. The number of aliphatic hydroxyl groups is 1. The lowest BCUT2D eigenvalue weighted by Crippen LogP contribution is -2.58. The summed E-state index contributed by atoms with van der Waals surface area (Å²) in [6, 6.07) is 0. The molecule has 0 aromatic heterocycles. The standard InChI is InChI=1S/C10H18O/c1-10(2)8-6-4-3-5-7(8)9(10)11/h7-9,11H,3-6H2,1-2H3. The summed E-state index contributed by atoms with van der Waals surface area (Å²) in [6.45, 7) is 4.42. The number of aliphatic hydroxyl groups excluding tert-OH is 1. The summed E-state index contributed by atoms with van der Waals surface area (Å²) in [6.07, 6.45) is 5.35. The van der Waals surface area contributed by atoms with Gasteiger partial charge in [0.25, 0.3) is 0 Å². The second-order valence-electron chi connectivity index (χ2n) is 4.82. The van der Waals surface area contributed by atoms with Crippen molar-refractivity contribution in [3.05, 3.63) is 0 Å². The van der Waals surface area contributed by atoms with Crippen LogP contribution in [0.1, 0.15) is 39.5 Å². The second-order valence-corrected chi connectivity index (χ2v) is 4.82. The summed E-state index contributed by atoms with van der Waals surface area (Å²) in [4.78, 5) is 0. The van der Waals surface area contributed by atoms with Crippen molar-refractivity contribution in [2.75, 3.05) is 0 Å². The molecular weight excluding hydrogens is 136 g/mol. The molecule has 0 spiro atoms. The third kappa shape index (κ3) is 0.868. The van der Waals surface area contributed by atoms with Crippen molar-refractivity contribution in [1.29, 1.82) is 0 Å². The lowest BCUT2D eigenvalue weighted by Gasteiger charge is -2.58. The first-order valence-electron chi connectivity index (χ1n) is 4.82. The van der Waals surface area contributed by atoms with Crippen LogP contribution in [0.2, 0.25) is 0 Å². The molecule has 3 atom stereocenters. The molecule has 3 unspecified atom stereocenters. The van der Waals surface area contributed by atoms with Crippen LogP contribution >= 0.6 is 0 Å². The van der Waals surface area contributed by atoms with Crippen molar-refractivity contribution >= 4 is 0 Å². The molecule has 0 heterocycles. The molecule has 1 nitrogen and oxygen atoms in total. The summed E-state index contributed by atoms with van der Waals surface area (Å²) in [7, 11) is 0. The first kappa shape index (κ1) is 7.60. The van der Waals surface area contributed by atoms with Gasteiger partial charge in [-0.25, -0.2) is 0 Å². The molecule has 0 amide bonds. The molecule has 0 bridgehead atoms. The third-order valence-electron chi connectivity index (χ3n) is 3.94. The fourth-order valence-corrected chi connectivity index (χ4v) is 3.11. The van der Waals surface area contributed by atoms with Crippen LogP contribution in [0.3, 0.4) is 0 Å². The van der Waals surface area contributed by atoms with E-state index in [1.165, 1.54) is 25.7 Å². The third-order valence-corrected chi connectivity index (χ3v) is 3.94. The maximum Gasteiger partial charge on any atom is 0.0624 e.